The Morgan fingerprint density at radius 3 is 2.39 bits per heavy atom. The predicted octanol–water partition coefficient (Wildman–Crippen LogP) is 3.75. The average molecular weight is 609 g/mol. The number of hydrogen-bond acceptors (Lipinski definition) is 9. The first-order valence-electron chi connectivity index (χ1n) is 14.5. The Hall–Kier alpha value is -1.86. The van der Waals surface area contributed by atoms with Crippen LogP contribution in [0.2, 0.25) is 0 Å². The Morgan fingerprint density at radius 2 is 1.76 bits per heavy atom. The van der Waals surface area contributed by atoms with Gasteiger partial charge < -0.3 is 19.3 Å². The van der Waals surface area contributed by atoms with Crippen LogP contribution in [0.5, 0.6) is 0 Å². The Kier molecular flexibility index (Phi) is 9.13. The van der Waals surface area contributed by atoms with E-state index in [9.17, 15) is 36.7 Å². The van der Waals surface area contributed by atoms with E-state index in [1.807, 2.05) is 6.92 Å². The summed E-state index contributed by atoms with van der Waals surface area (Å²) in [7, 11) is -5.70. The Bertz CT molecular complexity index is 1100. The maximum Gasteiger partial charge on any atom is 0.402 e. The molecule has 10 nitrogen and oxygen atoms in total. The van der Waals surface area contributed by atoms with E-state index in [1.54, 1.807) is 0 Å². The van der Waals surface area contributed by atoms with Gasteiger partial charge in [0.2, 0.25) is 0 Å². The maximum absolute atomic E-state index is 13.4. The zero-order valence-corrected chi connectivity index (χ0v) is 24.6. The lowest BCUT2D eigenvalue weighted by atomic mass is 9.43. The van der Waals surface area contributed by atoms with Crippen molar-refractivity contribution in [3.8, 4) is 0 Å². The third kappa shape index (κ3) is 5.74. The Labute approximate surface area is 239 Å². The second kappa shape index (κ2) is 11.7. The van der Waals surface area contributed by atoms with Crippen LogP contribution in [0.15, 0.2) is 0 Å². The number of hydrogen-bond donors (Lipinski definition) is 2. The molecule has 0 radical (unpaired) electrons. The van der Waals surface area contributed by atoms with Gasteiger partial charge in [0.15, 0.2) is 6.61 Å². The van der Waals surface area contributed by atoms with E-state index >= 15 is 0 Å². The standard InChI is InChI=1S/C28H42F2O10S/c1-16(4-7-24(34)38-13-28(29,30)41(35,36)37)19-5-6-20-25-21(12-23(40-15-32)27(19,20)3)26(2)9-8-18(39-14-31)10-17(26)11-22(25)33/h14-23,25,33H,4-13H2,1-3H3,(H,35,36,37)/t16-,17?,18-,19-,20+,21+,22-,23+,25+,26+,27-/m1/s1. The van der Waals surface area contributed by atoms with Gasteiger partial charge in [-0.05, 0) is 92.3 Å². The van der Waals surface area contributed by atoms with Crippen molar-refractivity contribution in [2.45, 2.75) is 102 Å². The molecule has 13 heteroatoms. The van der Waals surface area contributed by atoms with Gasteiger partial charge in [-0.15, -0.1) is 0 Å². The summed E-state index contributed by atoms with van der Waals surface area (Å²) < 4.78 is 72.5. The van der Waals surface area contributed by atoms with Crippen molar-refractivity contribution in [1.29, 1.82) is 0 Å². The first-order valence-corrected chi connectivity index (χ1v) is 15.9. The summed E-state index contributed by atoms with van der Waals surface area (Å²) in [5.41, 5.74) is -0.582. The summed E-state index contributed by atoms with van der Waals surface area (Å²) >= 11 is 0. The molecule has 1 unspecified atom stereocenters. The number of fused-ring (bicyclic) bond motifs is 5. The topological polar surface area (TPSA) is 154 Å². The molecule has 0 aromatic carbocycles. The molecule has 4 aliphatic rings. The molecule has 4 saturated carbocycles. The third-order valence-electron chi connectivity index (χ3n) is 11.5. The molecule has 0 aromatic rings. The fourth-order valence-electron chi connectivity index (χ4n) is 9.42. The zero-order chi connectivity index (χ0) is 30.4. The molecule has 2 N–H and O–H groups in total. The minimum Gasteiger partial charge on any atom is -0.465 e. The second-order valence-corrected chi connectivity index (χ2v) is 14.8. The largest absolute Gasteiger partial charge is 0.465 e. The maximum atomic E-state index is 13.4. The normalized spacial score (nSPS) is 41.2. The molecule has 4 rings (SSSR count). The van der Waals surface area contributed by atoms with E-state index in [1.165, 1.54) is 0 Å². The first-order chi connectivity index (χ1) is 19.1. The number of carbonyl (C=O) groups is 3. The number of esters is 1. The van der Waals surface area contributed by atoms with Crippen molar-refractivity contribution in [3.63, 3.8) is 0 Å². The van der Waals surface area contributed by atoms with E-state index in [2.05, 4.69) is 18.6 Å². The minimum atomic E-state index is -5.70. The summed E-state index contributed by atoms with van der Waals surface area (Å²) in [6, 6.07) is 0. The molecule has 0 bridgehead atoms. The highest BCUT2D eigenvalue weighted by atomic mass is 32.2. The molecule has 41 heavy (non-hydrogen) atoms. The van der Waals surface area contributed by atoms with Gasteiger partial charge in [-0.2, -0.15) is 17.2 Å². The van der Waals surface area contributed by atoms with Gasteiger partial charge >= 0.3 is 21.3 Å². The van der Waals surface area contributed by atoms with Crippen LogP contribution in [-0.2, 0) is 38.7 Å². The lowest BCUT2D eigenvalue weighted by Crippen LogP contribution is -2.62. The molecule has 11 atom stereocenters. The number of aliphatic hydroxyl groups is 1. The third-order valence-corrected chi connectivity index (χ3v) is 12.4. The quantitative estimate of drug-likeness (QED) is 0.153. The number of carbonyl (C=O) groups excluding carboxylic acids is 3. The molecule has 4 fully saturated rings. The second-order valence-electron chi connectivity index (χ2n) is 13.2. The Balaban J connectivity index is 1.49. The van der Waals surface area contributed by atoms with E-state index in [-0.39, 0.29) is 59.9 Å². The summed E-state index contributed by atoms with van der Waals surface area (Å²) in [6.45, 7) is 5.51. The molecule has 0 aromatic heterocycles. The highest BCUT2D eigenvalue weighted by molar-refractivity contribution is 7.86. The number of halogens is 2. The van der Waals surface area contributed by atoms with Gasteiger partial charge in [0.1, 0.15) is 12.2 Å². The number of ether oxygens (including phenoxy) is 3. The van der Waals surface area contributed by atoms with Crippen molar-refractivity contribution in [3.05, 3.63) is 0 Å². The van der Waals surface area contributed by atoms with Gasteiger partial charge in [0.25, 0.3) is 12.9 Å². The predicted molar refractivity (Wildman–Crippen MR) is 140 cm³/mol. The van der Waals surface area contributed by atoms with E-state index < -0.39 is 45.6 Å². The van der Waals surface area contributed by atoms with Crippen LogP contribution in [0, 0.1) is 46.3 Å². The SMILES string of the molecule is C[C@H](CCC(=O)OCC(F)(F)S(=O)(=O)O)[C@H]1CC[C@H]2[C@@H]3[C@H](O)CC4C[C@H](OC=O)CC[C@]4(C)[C@H]3C[C@H](OC=O)[C@]12C. The molecule has 0 aliphatic heterocycles. The van der Waals surface area contributed by atoms with Gasteiger partial charge in [-0.3, -0.25) is 18.9 Å². The van der Waals surface area contributed by atoms with Gasteiger partial charge in [0, 0.05) is 11.8 Å². The van der Waals surface area contributed by atoms with Crippen molar-refractivity contribution in [1.82, 2.24) is 0 Å². The van der Waals surface area contributed by atoms with Crippen molar-refractivity contribution in [2.75, 3.05) is 6.61 Å². The lowest BCUT2D eigenvalue weighted by molar-refractivity contribution is -0.214. The molecule has 0 spiro atoms. The van der Waals surface area contributed by atoms with Crippen molar-refractivity contribution >= 4 is 29.0 Å². The molecule has 0 saturated heterocycles. The monoisotopic (exact) mass is 608 g/mol. The zero-order valence-electron chi connectivity index (χ0n) is 23.7. The lowest BCUT2D eigenvalue weighted by Gasteiger charge is -2.63. The highest BCUT2D eigenvalue weighted by Crippen LogP contribution is 2.69. The molecular formula is C28H42F2O10S. The summed E-state index contributed by atoms with van der Waals surface area (Å²) in [5.74, 6) is -0.718. The average Bonchev–Trinajstić information content (AvgIpc) is 3.25. The smallest absolute Gasteiger partial charge is 0.402 e. The molecule has 0 amide bonds. The summed E-state index contributed by atoms with van der Waals surface area (Å²) in [6.07, 6.45) is 4.03. The molecule has 0 heterocycles. The molecular weight excluding hydrogens is 566 g/mol. The summed E-state index contributed by atoms with van der Waals surface area (Å²) in [4.78, 5) is 34.8. The number of rotatable bonds is 11. The van der Waals surface area contributed by atoms with Crippen LogP contribution in [0.25, 0.3) is 0 Å². The van der Waals surface area contributed by atoms with E-state index in [0.29, 0.717) is 32.2 Å². The van der Waals surface area contributed by atoms with Crippen LogP contribution in [0.3, 0.4) is 0 Å². The van der Waals surface area contributed by atoms with E-state index in [4.69, 9.17) is 14.0 Å². The summed E-state index contributed by atoms with van der Waals surface area (Å²) in [5, 5.41) is 6.94. The van der Waals surface area contributed by atoms with Crippen molar-refractivity contribution < 1.29 is 55.5 Å². The van der Waals surface area contributed by atoms with Crippen LogP contribution in [0.4, 0.5) is 8.78 Å². The molecule has 234 valence electrons. The highest BCUT2D eigenvalue weighted by Gasteiger charge is 2.66. The van der Waals surface area contributed by atoms with Crippen LogP contribution in [0.1, 0.15) is 78.6 Å². The number of aliphatic hydroxyl groups excluding tert-OH is 1. The first kappa shape index (κ1) is 32.1. The van der Waals surface area contributed by atoms with Gasteiger partial charge in [-0.25, -0.2) is 0 Å². The van der Waals surface area contributed by atoms with Crippen LogP contribution < -0.4 is 0 Å². The minimum absolute atomic E-state index is 0.00104. The fourth-order valence-corrected chi connectivity index (χ4v) is 9.63. The Morgan fingerprint density at radius 1 is 1.07 bits per heavy atom. The van der Waals surface area contributed by atoms with Gasteiger partial charge in [0.05, 0.1) is 6.10 Å². The van der Waals surface area contributed by atoms with Crippen LogP contribution in [-0.4, -0.2) is 67.2 Å². The number of alkyl halides is 2. The fraction of sp³-hybridized carbons (Fsp3) is 0.893. The van der Waals surface area contributed by atoms with Crippen molar-refractivity contribution in [2.24, 2.45) is 46.3 Å². The molecule has 4 aliphatic carbocycles. The van der Waals surface area contributed by atoms with E-state index in [0.717, 1.165) is 25.7 Å². The van der Waals surface area contributed by atoms with Gasteiger partial charge in [-0.1, -0.05) is 20.8 Å². The van der Waals surface area contributed by atoms with Crippen LogP contribution >= 0.6 is 0 Å².